The lowest BCUT2D eigenvalue weighted by atomic mass is 9.68. The Morgan fingerprint density at radius 2 is 0.393 bits per heavy atom. The molecular weight excluding hydrogens is 1470 g/mol. The molecule has 0 aliphatic heterocycles. The summed E-state index contributed by atoms with van der Waals surface area (Å²) in [5.74, 6) is 0. The largest absolute Gasteiger partial charge is 0.310 e. The minimum absolute atomic E-state index is 0.621. The van der Waals surface area contributed by atoms with Gasteiger partial charge in [0.1, 0.15) is 0 Å². The van der Waals surface area contributed by atoms with Crippen LogP contribution in [0.1, 0.15) is 66.8 Å². The first-order valence-corrected chi connectivity index (χ1v) is 42.6. The molecule has 20 aromatic carbocycles. The molecule has 0 saturated heterocycles. The summed E-state index contributed by atoms with van der Waals surface area (Å²) in [6, 6.07) is 160. The summed E-state index contributed by atoms with van der Waals surface area (Å²) in [5, 5.41) is 9.76. The lowest BCUT2D eigenvalue weighted by Crippen LogP contribution is -2.26. The number of benzene rings is 20. The molecule has 574 valence electrons. The molecule has 0 bridgehead atoms. The zero-order valence-corrected chi connectivity index (χ0v) is 68.2. The summed E-state index contributed by atoms with van der Waals surface area (Å²) in [6.07, 6.45) is 0. The molecule has 4 aliphatic carbocycles. The van der Waals surface area contributed by atoms with E-state index in [2.05, 4.69) is 472 Å². The molecule has 0 aromatic heterocycles. The lowest BCUT2D eigenvalue weighted by molar-refractivity contribution is 0.809. The van der Waals surface area contributed by atoms with E-state index in [0.717, 1.165) is 79.4 Å². The first-order chi connectivity index (χ1) is 60.1. The van der Waals surface area contributed by atoms with Crippen LogP contribution >= 0.6 is 0 Å². The highest BCUT2D eigenvalue weighted by Gasteiger charge is 2.55. The minimum Gasteiger partial charge on any atom is -0.310 e. The van der Waals surface area contributed by atoms with Gasteiger partial charge >= 0.3 is 0 Å². The molecule has 4 nitrogen and oxygen atoms in total. The Hall–Kier alpha value is -15.4. The second kappa shape index (κ2) is 27.6. The number of para-hydroxylation sites is 2. The Morgan fingerprint density at radius 1 is 0.156 bits per heavy atom. The highest BCUT2D eigenvalue weighted by molar-refractivity contribution is 6.13. The van der Waals surface area contributed by atoms with E-state index in [-0.39, 0.29) is 0 Å². The molecule has 4 aliphatic rings. The van der Waals surface area contributed by atoms with Crippen LogP contribution in [0.2, 0.25) is 0 Å². The molecule has 24 rings (SSSR count). The SMILES string of the molecule is Cc1ccc(N(c2ccccc2)c2ccc3c4c(ccc3c2)-c2ccc3cc(N(c5ccc(C)cc5)c5cccc(-c6cccc(N(c7cccc(C)c7)c7ccc8c9c(ccc8c7)-c7ccc8cc(N(c%10ccccc%10)c%10cccc(C)c%10)ccc8c7C97c8ccccc8-c8ccccc87)c6)c5)ccc3c2C42c3ccccc3-c3ccccc32)cc1. The van der Waals surface area contributed by atoms with Gasteiger partial charge in [0.05, 0.1) is 10.8 Å². The predicted octanol–water partition coefficient (Wildman–Crippen LogP) is 31.8. The van der Waals surface area contributed by atoms with Gasteiger partial charge in [0.2, 0.25) is 0 Å². The van der Waals surface area contributed by atoms with Crippen molar-refractivity contribution in [3.8, 4) is 55.6 Å². The Morgan fingerprint density at radius 3 is 0.705 bits per heavy atom. The number of nitrogens with zero attached hydrogens (tertiary/aromatic N) is 4. The minimum atomic E-state index is -0.621. The van der Waals surface area contributed by atoms with E-state index in [9.17, 15) is 0 Å². The topological polar surface area (TPSA) is 13.0 Å². The zero-order chi connectivity index (χ0) is 81.1. The lowest BCUT2D eigenvalue weighted by Gasteiger charge is -2.33. The first-order valence-electron chi connectivity index (χ1n) is 42.6. The van der Waals surface area contributed by atoms with E-state index < -0.39 is 10.8 Å². The molecule has 0 unspecified atom stereocenters. The van der Waals surface area contributed by atoms with Crippen LogP contribution in [0.5, 0.6) is 0 Å². The summed E-state index contributed by atoms with van der Waals surface area (Å²) in [6.45, 7) is 8.70. The molecular formula is C118H82N4. The van der Waals surface area contributed by atoms with E-state index in [1.54, 1.807) is 0 Å². The number of hydrogen-bond acceptors (Lipinski definition) is 4. The highest BCUT2D eigenvalue weighted by atomic mass is 15.2. The van der Waals surface area contributed by atoms with Crippen LogP contribution in [-0.4, -0.2) is 0 Å². The molecule has 20 aromatic rings. The van der Waals surface area contributed by atoms with Crippen molar-refractivity contribution in [1.82, 2.24) is 0 Å². The smallest absolute Gasteiger partial charge is 0.0737 e. The second-order valence-corrected chi connectivity index (χ2v) is 33.7. The van der Waals surface area contributed by atoms with Gasteiger partial charge in [-0.05, 0) is 328 Å². The van der Waals surface area contributed by atoms with Crippen LogP contribution in [0.3, 0.4) is 0 Å². The standard InChI is InChI=1S/C118H82N4/c1-75-43-51-87(52-44-75)119(85-27-7-5-8-28-85)93-55-63-97-81(71-93)47-59-105-107-61-49-83-73-95(57-65-99(83)115(107)117(113(97)105)109-39-15-11-35-101(109)102-36-12-16-40-110(102)117)121(88-53-45-76(2)46-54-88)91-33-21-25-79(69-91)80-26-22-34-92(70-80)122(90-32-20-24-78(4)68-90)96-58-66-100-84(74-96)50-62-108-106-60-48-82-72-94(120(86-29-9-6-10-30-86)89-31-19-23-77(3)67-89)56-64-98(82)114(106)118(116(100)108)111-41-17-13-37-103(111)104-38-14-18-42-112(104)118/h5-74H,1-4H3. The molecule has 0 heterocycles. The molecule has 122 heavy (non-hydrogen) atoms. The van der Waals surface area contributed by atoms with Crippen LogP contribution in [-0.2, 0) is 10.8 Å². The van der Waals surface area contributed by atoms with Gasteiger partial charge in [-0.3, -0.25) is 0 Å². The van der Waals surface area contributed by atoms with Gasteiger partial charge in [-0.15, -0.1) is 0 Å². The number of aryl methyl sites for hydroxylation is 4. The molecule has 0 saturated carbocycles. The third-order valence-electron chi connectivity index (χ3n) is 26.7. The average Bonchev–Trinajstić information content (AvgIpc) is 1.50. The first kappa shape index (κ1) is 70.8. The normalized spacial score (nSPS) is 13.0. The monoisotopic (exact) mass is 1550 g/mol. The fourth-order valence-electron chi connectivity index (χ4n) is 21.7. The maximum absolute atomic E-state index is 2.46. The van der Waals surface area contributed by atoms with E-state index >= 15 is 0 Å². The van der Waals surface area contributed by atoms with Crippen molar-refractivity contribution in [2.75, 3.05) is 19.6 Å². The third-order valence-corrected chi connectivity index (χ3v) is 26.7. The Bertz CT molecular complexity index is 7620. The summed E-state index contributed by atoms with van der Waals surface area (Å²) < 4.78 is 0. The molecule has 2 spiro atoms. The quantitative estimate of drug-likeness (QED) is 0.114. The van der Waals surface area contributed by atoms with Gasteiger partial charge in [0, 0.05) is 68.2 Å². The van der Waals surface area contributed by atoms with Gasteiger partial charge < -0.3 is 19.6 Å². The van der Waals surface area contributed by atoms with E-state index in [4.69, 9.17) is 0 Å². The fourth-order valence-corrected chi connectivity index (χ4v) is 21.7. The maximum Gasteiger partial charge on any atom is 0.0737 e. The Labute approximate surface area is 711 Å². The van der Waals surface area contributed by atoms with Crippen molar-refractivity contribution >= 4 is 111 Å². The summed E-state index contributed by atoms with van der Waals surface area (Å²) in [7, 11) is 0. The van der Waals surface area contributed by atoms with Crippen LogP contribution < -0.4 is 19.6 Å². The van der Waals surface area contributed by atoms with Crippen LogP contribution in [0, 0.1) is 27.7 Å². The van der Waals surface area contributed by atoms with Gasteiger partial charge in [-0.25, -0.2) is 0 Å². The molecule has 0 atom stereocenters. The van der Waals surface area contributed by atoms with Gasteiger partial charge in [0.25, 0.3) is 0 Å². The zero-order valence-electron chi connectivity index (χ0n) is 68.2. The Kier molecular flexibility index (Phi) is 16.0. The number of fused-ring (bicyclic) bond motifs is 28. The molecule has 0 amide bonds. The van der Waals surface area contributed by atoms with Crippen molar-refractivity contribution < 1.29 is 0 Å². The molecule has 0 N–H and O–H groups in total. The summed E-state index contributed by atoms with van der Waals surface area (Å²) in [5.41, 5.74) is 39.9. The van der Waals surface area contributed by atoms with Gasteiger partial charge in [-0.1, -0.05) is 290 Å². The molecule has 0 radical (unpaired) electrons. The van der Waals surface area contributed by atoms with Gasteiger partial charge in [0.15, 0.2) is 0 Å². The fraction of sp³-hybridized carbons (Fsp3) is 0.0508. The number of anilines is 12. The van der Waals surface area contributed by atoms with Crippen molar-refractivity contribution in [3.63, 3.8) is 0 Å². The van der Waals surface area contributed by atoms with Crippen molar-refractivity contribution in [2.45, 2.75) is 38.5 Å². The van der Waals surface area contributed by atoms with Crippen molar-refractivity contribution in [1.29, 1.82) is 0 Å². The number of hydrogen-bond donors (Lipinski definition) is 0. The summed E-state index contributed by atoms with van der Waals surface area (Å²) in [4.78, 5) is 9.69. The Balaban J connectivity index is 0.620. The average molecular weight is 1560 g/mol. The van der Waals surface area contributed by atoms with E-state index in [1.807, 2.05) is 0 Å². The van der Waals surface area contributed by atoms with Gasteiger partial charge in [-0.2, -0.15) is 0 Å². The maximum atomic E-state index is 2.46. The summed E-state index contributed by atoms with van der Waals surface area (Å²) >= 11 is 0. The van der Waals surface area contributed by atoms with Crippen molar-refractivity contribution in [3.05, 3.63) is 491 Å². The van der Waals surface area contributed by atoms with Crippen LogP contribution in [0.4, 0.5) is 68.2 Å². The van der Waals surface area contributed by atoms with Crippen LogP contribution in [0.15, 0.2) is 425 Å². The second-order valence-electron chi connectivity index (χ2n) is 33.7. The van der Waals surface area contributed by atoms with E-state index in [1.165, 1.54) is 154 Å². The molecule has 0 fully saturated rings. The predicted molar refractivity (Wildman–Crippen MR) is 512 cm³/mol. The van der Waals surface area contributed by atoms with Crippen molar-refractivity contribution in [2.24, 2.45) is 0 Å². The van der Waals surface area contributed by atoms with Crippen LogP contribution in [0.25, 0.3) is 98.7 Å². The molecule has 4 heteroatoms. The third kappa shape index (κ3) is 10.7. The highest BCUT2D eigenvalue weighted by Crippen LogP contribution is 2.68. The van der Waals surface area contributed by atoms with E-state index in [0.29, 0.717) is 0 Å². The number of rotatable bonds is 13.